The second kappa shape index (κ2) is 6.69. The summed E-state index contributed by atoms with van der Waals surface area (Å²) >= 11 is 0. The third-order valence-corrected chi connectivity index (χ3v) is 2.73. The van der Waals surface area contributed by atoms with E-state index < -0.39 is 29.3 Å². The molecular weight excluding hydrogens is 276 g/mol. The topological polar surface area (TPSA) is 99.5 Å². The predicted octanol–water partition coefficient (Wildman–Crippen LogP) is -0.391. The maximum absolute atomic E-state index is 12.0. The molecule has 1 unspecified atom stereocenters. The van der Waals surface area contributed by atoms with E-state index in [2.05, 4.69) is 16.8 Å². The van der Waals surface area contributed by atoms with E-state index in [9.17, 15) is 19.2 Å². The van der Waals surface area contributed by atoms with Gasteiger partial charge in [0.15, 0.2) is 5.78 Å². The molecule has 0 aromatic carbocycles. The third kappa shape index (κ3) is 3.68. The van der Waals surface area contributed by atoms with Crippen molar-refractivity contribution in [3.8, 4) is 0 Å². The van der Waals surface area contributed by atoms with Crippen molar-refractivity contribution in [1.82, 2.24) is 10.0 Å². The van der Waals surface area contributed by atoms with Gasteiger partial charge in [0.2, 0.25) is 11.7 Å². The molecule has 2 amide bonds. The van der Waals surface area contributed by atoms with Gasteiger partial charge in [0.05, 0.1) is 6.54 Å². The number of amides is 2. The summed E-state index contributed by atoms with van der Waals surface area (Å²) in [7, 11) is 1.33. The van der Waals surface area contributed by atoms with Gasteiger partial charge in [0.25, 0.3) is 0 Å². The molecule has 0 saturated carbocycles. The van der Waals surface area contributed by atoms with Crippen LogP contribution in [-0.2, 0) is 19.2 Å². The highest BCUT2D eigenvalue weighted by Gasteiger charge is 2.36. The fourth-order valence-electron chi connectivity index (χ4n) is 1.62. The van der Waals surface area contributed by atoms with Crippen LogP contribution in [0.2, 0.25) is 0 Å². The van der Waals surface area contributed by atoms with Gasteiger partial charge >= 0.3 is 5.91 Å². The normalized spacial score (nSPS) is 18.7. The van der Waals surface area contributed by atoms with Crippen LogP contribution in [0.5, 0.6) is 0 Å². The van der Waals surface area contributed by atoms with Crippen LogP contribution < -0.4 is 0 Å². The lowest BCUT2D eigenvalue weighted by Gasteiger charge is -2.22. The number of hydrogen-bond donors (Lipinski definition) is 0. The highest BCUT2D eigenvalue weighted by molar-refractivity contribution is 6.55. The Morgan fingerprint density at radius 2 is 2.10 bits per heavy atom. The zero-order valence-corrected chi connectivity index (χ0v) is 12.1. The summed E-state index contributed by atoms with van der Waals surface area (Å²) in [6, 6.07) is 0. The molecule has 0 bridgehead atoms. The number of Topliss-reactive ketones (excluding diaryl/α,β-unsaturated/α-hetero) is 2. The molecule has 1 rings (SSSR count). The molecule has 8 nitrogen and oxygen atoms in total. The zero-order valence-electron chi connectivity index (χ0n) is 12.1. The van der Waals surface area contributed by atoms with E-state index >= 15 is 0 Å². The average Bonchev–Trinajstić information content (AvgIpc) is 2.41. The monoisotopic (exact) mass is 292 g/mol. The van der Waals surface area contributed by atoms with Crippen molar-refractivity contribution in [2.75, 3.05) is 13.6 Å². The number of nitrogens with zero attached hydrogens (tertiary/aromatic N) is 4. The van der Waals surface area contributed by atoms with Crippen LogP contribution in [0, 0.1) is 5.92 Å². The number of ketones is 2. The quantitative estimate of drug-likeness (QED) is 0.298. The van der Waals surface area contributed by atoms with Crippen LogP contribution >= 0.6 is 0 Å². The average molecular weight is 292 g/mol. The summed E-state index contributed by atoms with van der Waals surface area (Å²) in [6.45, 7) is 6.03. The minimum Gasteiger partial charge on any atom is -0.293 e. The lowest BCUT2D eigenvalue weighted by molar-refractivity contribution is -0.144. The Balaban J connectivity index is 3.24. The lowest BCUT2D eigenvalue weighted by Crippen LogP contribution is -2.45. The Bertz CT molecular complexity index is 565. The summed E-state index contributed by atoms with van der Waals surface area (Å²) in [5, 5.41) is 9.49. The summed E-state index contributed by atoms with van der Waals surface area (Å²) < 4.78 is 0. The standard InChI is InChI=1S/C13H16N4O4/c1-5-6-17(9(3)19)15-11(8(2)18)10-7-14-16(4)13(21)12(10)20/h5,7,10H,1,6H2,2-4H3/b15-11+. The molecule has 1 aliphatic rings. The largest absolute Gasteiger partial charge is 0.310 e. The molecule has 112 valence electrons. The zero-order chi connectivity index (χ0) is 16.2. The summed E-state index contributed by atoms with van der Waals surface area (Å²) in [6.07, 6.45) is 2.59. The van der Waals surface area contributed by atoms with E-state index in [0.717, 1.165) is 16.2 Å². The Morgan fingerprint density at radius 3 is 2.57 bits per heavy atom. The fourth-order valence-corrected chi connectivity index (χ4v) is 1.62. The molecule has 1 atom stereocenters. The molecule has 21 heavy (non-hydrogen) atoms. The molecule has 1 aliphatic heterocycles. The van der Waals surface area contributed by atoms with Crippen molar-refractivity contribution in [3.63, 3.8) is 0 Å². The highest BCUT2D eigenvalue weighted by atomic mass is 16.2. The number of carbonyl (C=O) groups excluding carboxylic acids is 4. The van der Waals surface area contributed by atoms with Crippen LogP contribution in [-0.4, -0.2) is 58.9 Å². The molecule has 8 heteroatoms. The number of rotatable bonds is 5. The van der Waals surface area contributed by atoms with Gasteiger partial charge in [0.1, 0.15) is 11.6 Å². The van der Waals surface area contributed by atoms with Gasteiger partial charge in [0, 0.05) is 27.1 Å². The van der Waals surface area contributed by atoms with Crippen LogP contribution in [0.4, 0.5) is 0 Å². The van der Waals surface area contributed by atoms with Gasteiger partial charge in [-0.05, 0) is 0 Å². The Labute approximate surface area is 121 Å². The SMILES string of the molecule is C=CCN(/N=C(\C(C)=O)C1C=NN(C)C(=O)C1=O)C(C)=O. The number of hydrogen-bond acceptors (Lipinski definition) is 6. The summed E-state index contributed by atoms with van der Waals surface area (Å²) in [5.74, 6) is -3.78. The predicted molar refractivity (Wildman–Crippen MR) is 75.5 cm³/mol. The maximum atomic E-state index is 12.0. The molecule has 0 saturated heterocycles. The van der Waals surface area contributed by atoms with E-state index in [4.69, 9.17) is 0 Å². The van der Waals surface area contributed by atoms with Crippen molar-refractivity contribution in [2.45, 2.75) is 13.8 Å². The van der Waals surface area contributed by atoms with E-state index in [1.165, 1.54) is 27.0 Å². The highest BCUT2D eigenvalue weighted by Crippen LogP contribution is 2.11. The minimum absolute atomic E-state index is 0.0814. The number of hydrazone groups is 2. The molecule has 0 N–H and O–H groups in total. The van der Waals surface area contributed by atoms with Gasteiger partial charge in [-0.3, -0.25) is 19.2 Å². The first kappa shape index (κ1) is 16.4. The molecule has 0 aromatic heterocycles. The van der Waals surface area contributed by atoms with E-state index in [0.29, 0.717) is 0 Å². The molecular formula is C13H16N4O4. The summed E-state index contributed by atoms with van der Waals surface area (Å²) in [5.41, 5.74) is -0.206. The third-order valence-electron chi connectivity index (χ3n) is 2.73. The van der Waals surface area contributed by atoms with Crippen molar-refractivity contribution in [3.05, 3.63) is 12.7 Å². The summed E-state index contributed by atoms with van der Waals surface area (Å²) in [4.78, 5) is 46.7. The van der Waals surface area contributed by atoms with Crippen molar-refractivity contribution < 1.29 is 19.2 Å². The molecule has 0 fully saturated rings. The van der Waals surface area contributed by atoms with Crippen LogP contribution in [0.1, 0.15) is 13.8 Å². The molecule has 0 radical (unpaired) electrons. The van der Waals surface area contributed by atoms with Gasteiger partial charge < -0.3 is 0 Å². The molecule has 0 aromatic rings. The smallest absolute Gasteiger partial charge is 0.293 e. The van der Waals surface area contributed by atoms with Gasteiger partial charge in [-0.2, -0.15) is 10.2 Å². The van der Waals surface area contributed by atoms with Crippen LogP contribution in [0.15, 0.2) is 22.9 Å². The van der Waals surface area contributed by atoms with Crippen molar-refractivity contribution in [1.29, 1.82) is 0 Å². The fraction of sp³-hybridized carbons (Fsp3) is 0.385. The number of likely N-dealkylation sites (N-methyl/N-ethyl adjacent to an activating group) is 1. The lowest BCUT2D eigenvalue weighted by atomic mass is 9.95. The van der Waals surface area contributed by atoms with Gasteiger partial charge in [-0.25, -0.2) is 10.0 Å². The first-order chi connectivity index (χ1) is 9.79. The minimum atomic E-state index is -1.18. The molecule has 1 heterocycles. The van der Waals surface area contributed by atoms with E-state index in [1.807, 2.05) is 0 Å². The van der Waals surface area contributed by atoms with Gasteiger partial charge in [-0.15, -0.1) is 6.58 Å². The Kier molecular flexibility index (Phi) is 5.23. The van der Waals surface area contributed by atoms with Crippen LogP contribution in [0.3, 0.4) is 0 Å². The second-order valence-corrected chi connectivity index (χ2v) is 4.37. The Hall–Kier alpha value is -2.64. The van der Waals surface area contributed by atoms with Crippen molar-refractivity contribution >= 4 is 35.3 Å². The number of carbonyl (C=O) groups is 4. The van der Waals surface area contributed by atoms with Crippen LogP contribution in [0.25, 0.3) is 0 Å². The van der Waals surface area contributed by atoms with Crippen molar-refractivity contribution in [2.24, 2.45) is 16.1 Å². The molecule has 0 aliphatic carbocycles. The van der Waals surface area contributed by atoms with E-state index in [1.54, 1.807) is 0 Å². The first-order valence-electron chi connectivity index (χ1n) is 6.14. The van der Waals surface area contributed by atoms with Gasteiger partial charge in [-0.1, -0.05) is 6.08 Å². The Morgan fingerprint density at radius 1 is 1.48 bits per heavy atom. The molecule has 0 spiro atoms. The maximum Gasteiger partial charge on any atom is 0.310 e. The first-order valence-corrected chi connectivity index (χ1v) is 6.14. The second-order valence-electron chi connectivity index (χ2n) is 4.37. The van der Waals surface area contributed by atoms with E-state index in [-0.39, 0.29) is 12.3 Å².